The van der Waals surface area contributed by atoms with Gasteiger partial charge in [0.05, 0.1) is 13.0 Å². The van der Waals surface area contributed by atoms with Crippen molar-refractivity contribution in [3.8, 4) is 0 Å². The van der Waals surface area contributed by atoms with Gasteiger partial charge < -0.3 is 14.2 Å². The van der Waals surface area contributed by atoms with E-state index in [4.69, 9.17) is 5.84 Å². The minimum Gasteiger partial charge on any atom is -0.468 e. The van der Waals surface area contributed by atoms with Gasteiger partial charge in [-0.2, -0.15) is 4.20 Å². The number of hydrogen-bond acceptors (Lipinski definition) is 7. The van der Waals surface area contributed by atoms with Gasteiger partial charge >= 0.3 is 5.97 Å². The van der Waals surface area contributed by atoms with Crippen LogP contribution in [-0.4, -0.2) is 49.5 Å². The van der Waals surface area contributed by atoms with Gasteiger partial charge in [-0.05, 0) is 19.3 Å². The van der Waals surface area contributed by atoms with Crippen LogP contribution in [0.2, 0.25) is 0 Å². The summed E-state index contributed by atoms with van der Waals surface area (Å²) in [6.07, 6.45) is 2.93. The average Bonchev–Trinajstić information content (AvgIpc) is 3.05. The Morgan fingerprint density at radius 2 is 2.00 bits per heavy atom. The lowest BCUT2D eigenvalue weighted by Crippen LogP contribution is -2.27. The maximum absolute atomic E-state index is 11.6. The lowest BCUT2D eigenvalue weighted by atomic mass is 10.3. The Kier molecular flexibility index (Phi) is 13.7. The van der Waals surface area contributed by atoms with Crippen molar-refractivity contribution < 1.29 is 27.8 Å². The summed E-state index contributed by atoms with van der Waals surface area (Å²) in [4.78, 5) is 33.3. The van der Waals surface area contributed by atoms with Crippen molar-refractivity contribution in [2.75, 3.05) is 26.2 Å². The molecule has 0 bridgehead atoms. The standard InChI is InChI=1S/C8H13FNO3P.C4H10N2O2/c9-14-13-8(12)4-3-7(11)10-5-1-2-6-10;5-6-2-1-3-8-4-7/h14H,1-6H2;4,6H,1-3,5H2. The van der Waals surface area contributed by atoms with Crippen LogP contribution < -0.4 is 11.3 Å². The molecule has 1 atom stereocenters. The quantitative estimate of drug-likeness (QED) is 0.206. The number of nitrogens with one attached hydrogen (secondary N) is 1. The highest BCUT2D eigenvalue weighted by molar-refractivity contribution is 7.26. The molecule has 0 aromatic carbocycles. The second-order valence-corrected chi connectivity index (χ2v) is 4.77. The van der Waals surface area contributed by atoms with Crippen LogP contribution in [-0.2, 0) is 23.6 Å². The van der Waals surface area contributed by atoms with Gasteiger partial charge in [-0.1, -0.05) is 0 Å². The van der Waals surface area contributed by atoms with Gasteiger partial charge in [-0.25, -0.2) is 0 Å². The predicted molar refractivity (Wildman–Crippen MR) is 79.4 cm³/mol. The molecule has 8 nitrogen and oxygen atoms in total. The molecule has 22 heavy (non-hydrogen) atoms. The number of hydrazine groups is 1. The molecule has 0 spiro atoms. The number of hydrogen-bond donors (Lipinski definition) is 2. The number of likely N-dealkylation sites (tertiary alicyclic amines) is 1. The molecule has 0 aliphatic carbocycles. The van der Waals surface area contributed by atoms with Gasteiger partial charge in [0, 0.05) is 26.1 Å². The smallest absolute Gasteiger partial charge is 0.310 e. The highest BCUT2D eigenvalue weighted by atomic mass is 31.1. The molecule has 0 aromatic heterocycles. The van der Waals surface area contributed by atoms with E-state index in [0.29, 0.717) is 19.6 Å². The minimum atomic E-state index is -1.33. The number of carbonyl (C=O) groups excluding carboxylic acids is 3. The third-order valence-corrected chi connectivity index (χ3v) is 3.11. The molecular formula is C12H23FN3O5P. The van der Waals surface area contributed by atoms with Crippen molar-refractivity contribution in [2.45, 2.75) is 32.1 Å². The van der Waals surface area contributed by atoms with E-state index in [0.717, 1.165) is 32.4 Å². The molecule has 1 heterocycles. The molecule has 3 N–H and O–H groups in total. The van der Waals surface area contributed by atoms with Crippen molar-refractivity contribution in [3.05, 3.63) is 0 Å². The fraction of sp³-hybridized carbons (Fsp3) is 0.750. The third kappa shape index (κ3) is 11.4. The summed E-state index contributed by atoms with van der Waals surface area (Å²) in [7, 11) is -1.33. The largest absolute Gasteiger partial charge is 0.468 e. The first-order valence-electron chi connectivity index (χ1n) is 6.97. The second-order valence-electron chi connectivity index (χ2n) is 4.41. The fourth-order valence-corrected chi connectivity index (χ4v) is 1.92. The number of halogens is 1. The van der Waals surface area contributed by atoms with Gasteiger partial charge in [0.25, 0.3) is 15.6 Å². The van der Waals surface area contributed by atoms with Gasteiger partial charge in [0.15, 0.2) is 0 Å². The molecule has 128 valence electrons. The van der Waals surface area contributed by atoms with Crippen LogP contribution in [0.25, 0.3) is 0 Å². The molecule has 1 aliphatic heterocycles. The zero-order valence-corrected chi connectivity index (χ0v) is 13.4. The summed E-state index contributed by atoms with van der Waals surface area (Å²) in [5.74, 6) is 4.24. The molecule has 1 unspecified atom stereocenters. The van der Waals surface area contributed by atoms with E-state index in [2.05, 4.69) is 14.7 Å². The Morgan fingerprint density at radius 1 is 1.32 bits per heavy atom. The van der Waals surface area contributed by atoms with Crippen molar-refractivity contribution in [2.24, 2.45) is 5.84 Å². The molecule has 1 rings (SSSR count). The van der Waals surface area contributed by atoms with Crippen molar-refractivity contribution in [3.63, 3.8) is 0 Å². The Balaban J connectivity index is 0.000000472. The van der Waals surface area contributed by atoms with Crippen LogP contribution in [0.5, 0.6) is 0 Å². The number of amides is 1. The summed E-state index contributed by atoms with van der Waals surface area (Å²) in [6, 6.07) is 0. The molecule has 0 aromatic rings. The number of nitrogens with two attached hydrogens (primary N) is 1. The van der Waals surface area contributed by atoms with Crippen LogP contribution in [0.1, 0.15) is 32.1 Å². The van der Waals surface area contributed by atoms with E-state index in [1.165, 1.54) is 0 Å². The van der Waals surface area contributed by atoms with Crippen LogP contribution in [0.4, 0.5) is 4.20 Å². The molecule has 1 saturated heterocycles. The first kappa shape index (κ1) is 20.7. The zero-order valence-electron chi connectivity index (χ0n) is 12.4. The highest BCUT2D eigenvalue weighted by Crippen LogP contribution is 2.15. The van der Waals surface area contributed by atoms with E-state index in [1.54, 1.807) is 4.90 Å². The van der Waals surface area contributed by atoms with Crippen LogP contribution in [0, 0.1) is 0 Å². The van der Waals surface area contributed by atoms with E-state index in [-0.39, 0.29) is 18.7 Å². The van der Waals surface area contributed by atoms with Crippen LogP contribution in [0.15, 0.2) is 0 Å². The third-order valence-electron chi connectivity index (χ3n) is 2.81. The van der Waals surface area contributed by atoms with Crippen molar-refractivity contribution in [1.82, 2.24) is 10.3 Å². The number of rotatable bonds is 9. The first-order valence-corrected chi connectivity index (χ1v) is 7.76. The number of ether oxygens (including phenoxy) is 1. The van der Waals surface area contributed by atoms with E-state index in [9.17, 15) is 18.6 Å². The summed E-state index contributed by atoms with van der Waals surface area (Å²) < 4.78 is 20.0. The lowest BCUT2D eigenvalue weighted by molar-refractivity contribution is -0.138. The highest BCUT2D eigenvalue weighted by Gasteiger charge is 2.18. The second kappa shape index (κ2) is 14.6. The van der Waals surface area contributed by atoms with Crippen LogP contribution >= 0.6 is 9.12 Å². The molecule has 1 aliphatic rings. The molecule has 0 radical (unpaired) electrons. The maximum Gasteiger partial charge on any atom is 0.310 e. The Labute approximate surface area is 130 Å². The average molecular weight is 339 g/mol. The SMILES string of the molecule is NNCCCOC=O.O=C(CCC(=O)N1CCCC1)OPF. The fourth-order valence-electron chi connectivity index (χ4n) is 1.73. The molecule has 1 fully saturated rings. The van der Waals surface area contributed by atoms with E-state index < -0.39 is 15.1 Å². The summed E-state index contributed by atoms with van der Waals surface area (Å²) >= 11 is 0. The minimum absolute atomic E-state index is 0.0216. The van der Waals surface area contributed by atoms with Crippen molar-refractivity contribution >= 4 is 27.5 Å². The van der Waals surface area contributed by atoms with Gasteiger partial charge in [-0.3, -0.25) is 25.7 Å². The summed E-state index contributed by atoms with van der Waals surface area (Å²) in [5, 5.41) is 0. The normalized spacial score (nSPS) is 13.6. The monoisotopic (exact) mass is 339 g/mol. The van der Waals surface area contributed by atoms with Gasteiger partial charge in [0.1, 0.15) is 0 Å². The molecule has 10 heteroatoms. The number of nitrogens with zero attached hydrogens (tertiary/aromatic N) is 1. The van der Waals surface area contributed by atoms with Gasteiger partial charge in [-0.15, -0.1) is 0 Å². The molecule has 0 saturated carbocycles. The van der Waals surface area contributed by atoms with Gasteiger partial charge in [0.2, 0.25) is 5.91 Å². The number of carbonyl (C=O) groups is 3. The molecule has 1 amide bonds. The predicted octanol–water partition coefficient (Wildman–Crippen LogP) is 0.423. The Morgan fingerprint density at radius 3 is 2.55 bits per heavy atom. The molecular weight excluding hydrogens is 316 g/mol. The Bertz CT molecular complexity index is 330. The maximum atomic E-state index is 11.6. The van der Waals surface area contributed by atoms with Crippen molar-refractivity contribution in [1.29, 1.82) is 0 Å². The van der Waals surface area contributed by atoms with E-state index >= 15 is 0 Å². The lowest BCUT2D eigenvalue weighted by Gasteiger charge is -2.14. The Hall–Kier alpha value is -1.31. The first-order chi connectivity index (χ1) is 10.7. The van der Waals surface area contributed by atoms with E-state index in [1.807, 2.05) is 0 Å². The topological polar surface area (TPSA) is 111 Å². The summed E-state index contributed by atoms with van der Waals surface area (Å²) in [6.45, 7) is 3.09. The zero-order chi connectivity index (χ0) is 16.6. The van der Waals surface area contributed by atoms with Crippen LogP contribution in [0.3, 0.4) is 0 Å². The summed E-state index contributed by atoms with van der Waals surface area (Å²) in [5.41, 5.74) is 2.43.